The lowest BCUT2D eigenvalue weighted by atomic mass is 9.93. The van der Waals surface area contributed by atoms with Gasteiger partial charge >= 0.3 is 0 Å². The van der Waals surface area contributed by atoms with Gasteiger partial charge in [-0.2, -0.15) is 0 Å². The summed E-state index contributed by atoms with van der Waals surface area (Å²) in [5.74, 6) is 0.737. The third kappa shape index (κ3) is 3.89. The van der Waals surface area contributed by atoms with Crippen molar-refractivity contribution < 1.29 is 0 Å². The zero-order valence-electron chi connectivity index (χ0n) is 12.9. The van der Waals surface area contributed by atoms with E-state index in [1.54, 1.807) is 11.3 Å². The summed E-state index contributed by atoms with van der Waals surface area (Å²) in [6.45, 7) is 7.66. The smallest absolute Gasteiger partial charge is 0.0798 e. The Bertz CT molecular complexity index is 593. The minimum atomic E-state index is 0.737. The molecule has 0 amide bonds. The molecule has 3 nitrogen and oxygen atoms in total. The standard InChI is InChI=1S/C17H23N3S/c1-13-5-3-7-16(19-13)9-15-6-4-8-20(10-15)11-17-14(2)18-12-21-17/h3,5,7,12,15H,4,6,8-11H2,1-2H3/t15-/m0/s1. The highest BCUT2D eigenvalue weighted by molar-refractivity contribution is 7.09. The van der Waals surface area contributed by atoms with Gasteiger partial charge in [-0.05, 0) is 57.7 Å². The molecule has 0 radical (unpaired) electrons. The molecule has 1 aliphatic rings. The topological polar surface area (TPSA) is 29.0 Å². The van der Waals surface area contributed by atoms with E-state index in [4.69, 9.17) is 0 Å². The van der Waals surface area contributed by atoms with Gasteiger partial charge in [-0.15, -0.1) is 11.3 Å². The van der Waals surface area contributed by atoms with Gasteiger partial charge in [0.1, 0.15) is 0 Å². The fourth-order valence-electron chi connectivity index (χ4n) is 3.15. The molecule has 0 N–H and O–H groups in total. The average molecular weight is 301 g/mol. The largest absolute Gasteiger partial charge is 0.298 e. The van der Waals surface area contributed by atoms with Crippen LogP contribution in [0.4, 0.5) is 0 Å². The summed E-state index contributed by atoms with van der Waals surface area (Å²) >= 11 is 1.79. The lowest BCUT2D eigenvalue weighted by Crippen LogP contribution is -2.35. The molecule has 0 saturated carbocycles. The number of rotatable bonds is 4. The van der Waals surface area contributed by atoms with Crippen LogP contribution in [-0.4, -0.2) is 28.0 Å². The zero-order valence-corrected chi connectivity index (χ0v) is 13.7. The van der Waals surface area contributed by atoms with Crippen LogP contribution in [0.2, 0.25) is 0 Å². The highest BCUT2D eigenvalue weighted by Gasteiger charge is 2.21. The summed E-state index contributed by atoms with van der Waals surface area (Å²) in [4.78, 5) is 13.0. The van der Waals surface area contributed by atoms with Crippen molar-refractivity contribution in [3.8, 4) is 0 Å². The molecule has 1 fully saturated rings. The lowest BCUT2D eigenvalue weighted by molar-refractivity contribution is 0.167. The Morgan fingerprint density at radius 1 is 1.33 bits per heavy atom. The minimum Gasteiger partial charge on any atom is -0.298 e. The highest BCUT2D eigenvalue weighted by Crippen LogP contribution is 2.23. The van der Waals surface area contributed by atoms with Crippen LogP contribution >= 0.6 is 11.3 Å². The fraction of sp³-hybridized carbons (Fsp3) is 0.529. The maximum atomic E-state index is 4.66. The fourth-order valence-corrected chi connectivity index (χ4v) is 3.97. The highest BCUT2D eigenvalue weighted by atomic mass is 32.1. The molecule has 2 aromatic heterocycles. The summed E-state index contributed by atoms with van der Waals surface area (Å²) in [6.07, 6.45) is 3.74. The number of thiazole rings is 1. The van der Waals surface area contributed by atoms with Gasteiger partial charge in [0.25, 0.3) is 0 Å². The van der Waals surface area contributed by atoms with Crippen LogP contribution in [0.15, 0.2) is 23.7 Å². The van der Waals surface area contributed by atoms with E-state index in [-0.39, 0.29) is 0 Å². The molecule has 21 heavy (non-hydrogen) atoms. The number of piperidine rings is 1. The third-order valence-corrected chi connectivity index (χ3v) is 5.18. The quantitative estimate of drug-likeness (QED) is 0.864. The second-order valence-corrected chi connectivity index (χ2v) is 7.02. The number of hydrogen-bond acceptors (Lipinski definition) is 4. The molecule has 1 atom stereocenters. The molecule has 3 rings (SSSR count). The van der Waals surface area contributed by atoms with Crippen molar-refractivity contribution in [2.75, 3.05) is 13.1 Å². The number of aryl methyl sites for hydroxylation is 2. The number of pyridine rings is 1. The van der Waals surface area contributed by atoms with E-state index in [0.717, 1.165) is 24.6 Å². The Balaban J connectivity index is 1.59. The molecule has 4 heteroatoms. The van der Waals surface area contributed by atoms with E-state index in [1.807, 2.05) is 5.51 Å². The Hall–Kier alpha value is -1.26. The molecule has 0 spiro atoms. The Morgan fingerprint density at radius 2 is 2.24 bits per heavy atom. The number of hydrogen-bond donors (Lipinski definition) is 0. The molecular formula is C17H23N3S. The van der Waals surface area contributed by atoms with Crippen molar-refractivity contribution in [1.82, 2.24) is 14.9 Å². The molecule has 1 aliphatic heterocycles. The minimum absolute atomic E-state index is 0.737. The van der Waals surface area contributed by atoms with E-state index in [2.05, 4.69) is 46.9 Å². The predicted octanol–water partition coefficient (Wildman–Crippen LogP) is 3.61. The molecule has 112 valence electrons. The molecule has 1 saturated heterocycles. The van der Waals surface area contributed by atoms with Crippen LogP contribution in [0.3, 0.4) is 0 Å². The lowest BCUT2D eigenvalue weighted by Gasteiger charge is -2.32. The molecule has 0 unspecified atom stereocenters. The van der Waals surface area contributed by atoms with Gasteiger partial charge in [-0.3, -0.25) is 9.88 Å². The first kappa shape index (κ1) is 14.7. The first-order valence-electron chi connectivity index (χ1n) is 7.74. The van der Waals surface area contributed by atoms with Gasteiger partial charge in [0.15, 0.2) is 0 Å². The first-order valence-corrected chi connectivity index (χ1v) is 8.62. The second kappa shape index (κ2) is 6.67. The van der Waals surface area contributed by atoms with Gasteiger partial charge in [0.05, 0.1) is 11.2 Å². The summed E-state index contributed by atoms with van der Waals surface area (Å²) < 4.78 is 0. The molecule has 2 aromatic rings. The third-order valence-electron chi connectivity index (χ3n) is 4.26. The van der Waals surface area contributed by atoms with Crippen molar-refractivity contribution >= 4 is 11.3 Å². The Labute approximate surface area is 131 Å². The van der Waals surface area contributed by atoms with Crippen LogP contribution in [-0.2, 0) is 13.0 Å². The molecule has 3 heterocycles. The predicted molar refractivity (Wildman–Crippen MR) is 87.5 cm³/mol. The number of likely N-dealkylation sites (tertiary alicyclic amines) is 1. The van der Waals surface area contributed by atoms with Crippen LogP contribution in [0.1, 0.15) is 34.8 Å². The van der Waals surface area contributed by atoms with Gasteiger partial charge in [0.2, 0.25) is 0 Å². The van der Waals surface area contributed by atoms with Crippen molar-refractivity contribution in [3.05, 3.63) is 45.7 Å². The molecule has 0 bridgehead atoms. The van der Waals surface area contributed by atoms with Gasteiger partial charge in [0, 0.05) is 29.4 Å². The molecule has 0 aliphatic carbocycles. The van der Waals surface area contributed by atoms with Crippen molar-refractivity contribution in [2.45, 2.75) is 39.7 Å². The molecule has 0 aromatic carbocycles. The van der Waals surface area contributed by atoms with Crippen LogP contribution in [0.5, 0.6) is 0 Å². The number of aromatic nitrogens is 2. The normalized spacial score (nSPS) is 19.8. The van der Waals surface area contributed by atoms with E-state index in [1.165, 1.54) is 42.2 Å². The second-order valence-electron chi connectivity index (χ2n) is 6.08. The van der Waals surface area contributed by atoms with Gasteiger partial charge < -0.3 is 0 Å². The number of nitrogens with zero attached hydrogens (tertiary/aromatic N) is 3. The monoisotopic (exact) mass is 301 g/mol. The van der Waals surface area contributed by atoms with Gasteiger partial charge in [-0.1, -0.05) is 6.07 Å². The maximum Gasteiger partial charge on any atom is 0.0798 e. The average Bonchev–Trinajstić information content (AvgIpc) is 2.85. The first-order chi connectivity index (χ1) is 10.2. The summed E-state index contributed by atoms with van der Waals surface area (Å²) in [6, 6.07) is 6.36. The van der Waals surface area contributed by atoms with E-state index < -0.39 is 0 Å². The van der Waals surface area contributed by atoms with Gasteiger partial charge in [-0.25, -0.2) is 4.98 Å². The zero-order chi connectivity index (χ0) is 14.7. The van der Waals surface area contributed by atoms with Crippen molar-refractivity contribution in [3.63, 3.8) is 0 Å². The SMILES string of the molecule is Cc1cccc(C[C@@H]2CCCN(Cc3scnc3C)C2)n1. The van der Waals surface area contributed by atoms with Crippen LogP contribution in [0, 0.1) is 19.8 Å². The van der Waals surface area contributed by atoms with E-state index in [0.29, 0.717) is 0 Å². The Kier molecular flexibility index (Phi) is 4.66. The summed E-state index contributed by atoms with van der Waals surface area (Å²) in [5.41, 5.74) is 5.53. The van der Waals surface area contributed by atoms with Crippen LogP contribution < -0.4 is 0 Å². The van der Waals surface area contributed by atoms with E-state index >= 15 is 0 Å². The maximum absolute atomic E-state index is 4.66. The van der Waals surface area contributed by atoms with Crippen LogP contribution in [0.25, 0.3) is 0 Å². The summed E-state index contributed by atoms with van der Waals surface area (Å²) in [5, 5.41) is 0. The van der Waals surface area contributed by atoms with E-state index in [9.17, 15) is 0 Å². The summed E-state index contributed by atoms with van der Waals surface area (Å²) in [7, 11) is 0. The molecular weight excluding hydrogens is 278 g/mol. The van der Waals surface area contributed by atoms with Crippen molar-refractivity contribution in [2.24, 2.45) is 5.92 Å². The van der Waals surface area contributed by atoms with Crippen molar-refractivity contribution in [1.29, 1.82) is 0 Å². The Morgan fingerprint density at radius 3 is 3.00 bits per heavy atom.